The Hall–Kier alpha value is -2.99. The van der Waals surface area contributed by atoms with Gasteiger partial charge in [-0.3, -0.25) is 4.79 Å². The van der Waals surface area contributed by atoms with Crippen molar-refractivity contribution in [3.05, 3.63) is 59.4 Å². The summed E-state index contributed by atoms with van der Waals surface area (Å²) in [6.45, 7) is 4.51. The van der Waals surface area contributed by atoms with E-state index in [4.69, 9.17) is 4.99 Å². The van der Waals surface area contributed by atoms with Crippen LogP contribution in [-0.4, -0.2) is 38.5 Å². The fraction of sp³-hybridized carbons (Fsp3) is 0.250. The molecule has 1 unspecified atom stereocenters. The lowest BCUT2D eigenvalue weighted by Gasteiger charge is -2.30. The van der Waals surface area contributed by atoms with Crippen molar-refractivity contribution in [1.82, 2.24) is 9.61 Å². The van der Waals surface area contributed by atoms with Crippen LogP contribution in [0.2, 0.25) is 0 Å². The van der Waals surface area contributed by atoms with Crippen LogP contribution in [-0.2, 0) is 0 Å². The first-order valence-electron chi connectivity index (χ1n) is 8.66. The zero-order valence-electron chi connectivity index (χ0n) is 14.6. The van der Waals surface area contributed by atoms with Gasteiger partial charge in [0.15, 0.2) is 5.60 Å². The van der Waals surface area contributed by atoms with Crippen LogP contribution in [0.15, 0.2) is 47.7 Å². The van der Waals surface area contributed by atoms with Crippen LogP contribution in [0, 0.1) is 13.8 Å². The number of rotatable bonds is 1. The molecule has 2 aromatic heterocycles. The van der Waals surface area contributed by atoms with Gasteiger partial charge in [-0.2, -0.15) is 5.10 Å². The number of benzene rings is 1. The Labute approximate surface area is 150 Å². The molecule has 0 bridgehead atoms. The van der Waals surface area contributed by atoms with E-state index in [-0.39, 0.29) is 5.78 Å². The molecule has 2 aliphatic rings. The molecule has 1 aromatic carbocycles. The number of carbonyl (C=O) groups excluding carboxylic acids is 1. The number of aliphatic hydroxyl groups is 1. The highest BCUT2D eigenvalue weighted by molar-refractivity contribution is 6.28. The van der Waals surface area contributed by atoms with Gasteiger partial charge in [-0.1, -0.05) is 0 Å². The summed E-state index contributed by atoms with van der Waals surface area (Å²) in [5.41, 5.74) is 3.54. The molecule has 4 heterocycles. The van der Waals surface area contributed by atoms with Crippen molar-refractivity contribution in [3.63, 3.8) is 0 Å². The summed E-state index contributed by atoms with van der Waals surface area (Å²) >= 11 is 0. The lowest BCUT2D eigenvalue weighted by molar-refractivity contribution is 0.0602. The predicted octanol–water partition coefficient (Wildman–Crippen LogP) is 2.82. The molecule has 1 saturated heterocycles. The maximum absolute atomic E-state index is 13.1. The number of carbonyl (C=O) groups is 1. The van der Waals surface area contributed by atoms with Crippen molar-refractivity contribution in [2.75, 3.05) is 11.4 Å². The summed E-state index contributed by atoms with van der Waals surface area (Å²) in [6, 6.07) is 9.59. The molecule has 26 heavy (non-hydrogen) atoms. The largest absolute Gasteiger partial charge is 0.374 e. The van der Waals surface area contributed by atoms with Crippen LogP contribution < -0.4 is 4.90 Å². The standard InChI is InChI=1S/C20H18N4O2/c1-12-9-16-17(10-13(12)2)22-19-20(26,18(16)25)5-8-23(19)14-4-7-24-15(11-14)3-6-21-24/h3-4,6-7,9-11,26H,5,8H2,1-2H3. The Morgan fingerprint density at radius 1 is 1.15 bits per heavy atom. The van der Waals surface area contributed by atoms with E-state index >= 15 is 0 Å². The fourth-order valence-electron chi connectivity index (χ4n) is 3.82. The molecule has 0 saturated carbocycles. The molecule has 3 aromatic rings. The van der Waals surface area contributed by atoms with Crippen LogP contribution in [0.4, 0.5) is 11.4 Å². The van der Waals surface area contributed by atoms with Crippen molar-refractivity contribution >= 4 is 28.5 Å². The highest BCUT2D eigenvalue weighted by Crippen LogP contribution is 2.40. The molecule has 1 atom stereocenters. The monoisotopic (exact) mass is 346 g/mol. The average Bonchev–Trinajstić information content (AvgIpc) is 3.22. The molecule has 1 N–H and O–H groups in total. The number of hydrogen-bond donors (Lipinski definition) is 1. The molecular weight excluding hydrogens is 328 g/mol. The molecule has 0 radical (unpaired) electrons. The van der Waals surface area contributed by atoms with Gasteiger partial charge in [0.25, 0.3) is 0 Å². The van der Waals surface area contributed by atoms with Crippen LogP contribution in [0.1, 0.15) is 27.9 Å². The van der Waals surface area contributed by atoms with Gasteiger partial charge < -0.3 is 10.0 Å². The minimum Gasteiger partial charge on any atom is -0.374 e. The Bertz CT molecular complexity index is 1110. The number of pyridine rings is 1. The summed E-state index contributed by atoms with van der Waals surface area (Å²) in [5.74, 6) is 0.163. The zero-order chi connectivity index (χ0) is 18.1. The zero-order valence-corrected chi connectivity index (χ0v) is 14.6. The summed E-state index contributed by atoms with van der Waals surface area (Å²) in [7, 11) is 0. The highest BCUT2D eigenvalue weighted by atomic mass is 16.3. The average molecular weight is 346 g/mol. The number of aryl methyl sites for hydroxylation is 2. The number of amidine groups is 1. The van der Waals surface area contributed by atoms with Crippen LogP contribution in [0.3, 0.4) is 0 Å². The van der Waals surface area contributed by atoms with Crippen molar-refractivity contribution in [3.8, 4) is 0 Å². The Kier molecular flexibility index (Phi) is 2.95. The van der Waals surface area contributed by atoms with Gasteiger partial charge in [-0.15, -0.1) is 0 Å². The van der Waals surface area contributed by atoms with Crippen LogP contribution in [0.5, 0.6) is 0 Å². The number of hydrogen-bond acceptors (Lipinski definition) is 5. The molecule has 130 valence electrons. The second-order valence-electron chi connectivity index (χ2n) is 7.07. The van der Waals surface area contributed by atoms with E-state index < -0.39 is 5.60 Å². The van der Waals surface area contributed by atoms with E-state index in [1.54, 1.807) is 10.7 Å². The number of Topliss-reactive ketones (excluding diaryl/α,β-unsaturated/α-hetero) is 1. The third-order valence-electron chi connectivity index (χ3n) is 5.48. The molecule has 6 nitrogen and oxygen atoms in total. The van der Waals surface area contributed by atoms with Crippen molar-refractivity contribution in [2.24, 2.45) is 4.99 Å². The summed E-state index contributed by atoms with van der Waals surface area (Å²) in [6.07, 6.45) is 3.94. The molecule has 0 spiro atoms. The van der Waals surface area contributed by atoms with Crippen molar-refractivity contribution in [2.45, 2.75) is 25.9 Å². The van der Waals surface area contributed by atoms with Gasteiger partial charge in [0.05, 0.1) is 11.2 Å². The van der Waals surface area contributed by atoms with E-state index in [1.807, 2.05) is 55.3 Å². The quantitative estimate of drug-likeness (QED) is 0.735. The number of aromatic nitrogens is 2. The first kappa shape index (κ1) is 15.3. The van der Waals surface area contributed by atoms with Gasteiger partial charge in [0.2, 0.25) is 5.78 Å². The maximum atomic E-state index is 13.1. The third kappa shape index (κ3) is 1.93. The van der Waals surface area contributed by atoms with Gasteiger partial charge in [0, 0.05) is 36.6 Å². The minimum atomic E-state index is -1.55. The van der Waals surface area contributed by atoms with Crippen molar-refractivity contribution < 1.29 is 9.90 Å². The molecule has 1 fully saturated rings. The van der Waals surface area contributed by atoms with E-state index in [1.165, 1.54) is 0 Å². The predicted molar refractivity (Wildman–Crippen MR) is 99.4 cm³/mol. The van der Waals surface area contributed by atoms with Gasteiger partial charge in [-0.05, 0) is 55.3 Å². The Morgan fingerprint density at radius 2 is 1.96 bits per heavy atom. The smallest absolute Gasteiger partial charge is 0.204 e. The fourth-order valence-corrected chi connectivity index (χ4v) is 3.82. The molecule has 0 aliphatic carbocycles. The number of nitrogens with zero attached hydrogens (tertiary/aromatic N) is 4. The first-order valence-corrected chi connectivity index (χ1v) is 8.66. The number of aliphatic imine (C=N–C) groups is 1. The molecule has 6 heteroatoms. The second-order valence-corrected chi connectivity index (χ2v) is 7.07. The minimum absolute atomic E-state index is 0.256. The van der Waals surface area contributed by atoms with E-state index in [2.05, 4.69) is 5.10 Å². The lowest BCUT2D eigenvalue weighted by Crippen LogP contribution is -2.48. The molecule has 0 amide bonds. The molecular formula is C20H18N4O2. The van der Waals surface area contributed by atoms with Crippen LogP contribution >= 0.6 is 0 Å². The maximum Gasteiger partial charge on any atom is 0.204 e. The van der Waals surface area contributed by atoms with Gasteiger partial charge >= 0.3 is 0 Å². The second kappa shape index (κ2) is 5.02. The third-order valence-corrected chi connectivity index (χ3v) is 5.48. The number of fused-ring (bicyclic) bond motifs is 3. The van der Waals surface area contributed by atoms with E-state index in [9.17, 15) is 9.90 Å². The van der Waals surface area contributed by atoms with E-state index in [0.717, 1.165) is 22.3 Å². The first-order chi connectivity index (χ1) is 12.5. The summed E-state index contributed by atoms with van der Waals surface area (Å²) < 4.78 is 1.78. The summed E-state index contributed by atoms with van der Waals surface area (Å²) in [5, 5.41) is 15.4. The number of ketones is 1. The highest BCUT2D eigenvalue weighted by Gasteiger charge is 2.52. The molecule has 2 aliphatic heterocycles. The molecule has 5 rings (SSSR count). The number of anilines is 1. The normalized spacial score (nSPS) is 21.7. The van der Waals surface area contributed by atoms with E-state index in [0.29, 0.717) is 30.1 Å². The Balaban J connectivity index is 1.67. The van der Waals surface area contributed by atoms with Gasteiger partial charge in [0.1, 0.15) is 5.84 Å². The topological polar surface area (TPSA) is 70.2 Å². The summed E-state index contributed by atoms with van der Waals surface area (Å²) in [4.78, 5) is 19.7. The Morgan fingerprint density at radius 3 is 2.81 bits per heavy atom. The lowest BCUT2D eigenvalue weighted by atomic mass is 9.86. The SMILES string of the molecule is Cc1cc2c(cc1C)C(=O)C1(O)CCN(c3ccn4nccc4c3)C1=N2. The van der Waals surface area contributed by atoms with Gasteiger partial charge in [-0.25, -0.2) is 9.51 Å². The van der Waals surface area contributed by atoms with Crippen LogP contribution in [0.25, 0.3) is 5.52 Å². The van der Waals surface area contributed by atoms with Crippen molar-refractivity contribution in [1.29, 1.82) is 0 Å².